The number of hydrogen-bond acceptors (Lipinski definition) is 8. The van der Waals surface area contributed by atoms with Gasteiger partial charge in [0.15, 0.2) is 0 Å². The standard InChI is InChI=1S/C25H25Cl2F3N6O4/c26-18-4-3-16(14-17(18)25(28,29)30)32-23(38)39-36-8-5-24(6-9-36)15-20(33-40-24)22(37)35-12-10-34(11-13-35)21-19(27)2-1-7-31-21/h1-4,7,14H,5-6,8-13,15H2,(H,32,38). The first-order chi connectivity index (χ1) is 19.0. The fraction of sp³-hybridized carbons (Fsp3) is 0.440. The minimum absolute atomic E-state index is 0.102. The van der Waals surface area contributed by atoms with Crippen molar-refractivity contribution in [3.63, 3.8) is 0 Å². The van der Waals surface area contributed by atoms with Crippen LogP contribution >= 0.6 is 23.2 Å². The number of hydrogen-bond donors (Lipinski definition) is 1. The Kier molecular flexibility index (Phi) is 7.98. The molecule has 1 aromatic carbocycles. The third-order valence-electron chi connectivity index (χ3n) is 7.06. The molecule has 2 aromatic rings. The minimum atomic E-state index is -4.66. The van der Waals surface area contributed by atoms with E-state index in [1.165, 1.54) is 11.1 Å². The zero-order valence-corrected chi connectivity index (χ0v) is 22.6. The monoisotopic (exact) mass is 600 g/mol. The lowest BCUT2D eigenvalue weighted by Gasteiger charge is -2.36. The Morgan fingerprint density at radius 1 is 1.02 bits per heavy atom. The van der Waals surface area contributed by atoms with Crippen molar-refractivity contribution in [3.05, 3.63) is 52.1 Å². The van der Waals surface area contributed by atoms with Crippen molar-refractivity contribution >= 4 is 52.4 Å². The third-order valence-corrected chi connectivity index (χ3v) is 7.68. The number of halogens is 5. The van der Waals surface area contributed by atoms with E-state index in [1.807, 2.05) is 4.90 Å². The lowest BCUT2D eigenvalue weighted by Crippen LogP contribution is -2.51. The van der Waals surface area contributed by atoms with Gasteiger partial charge in [-0.15, -0.1) is 5.06 Å². The molecule has 2 amide bonds. The number of piperazine rings is 1. The number of alkyl halides is 3. The molecular formula is C25H25Cl2F3N6O4. The Bertz CT molecular complexity index is 1310. The molecular weight excluding hydrogens is 576 g/mol. The number of rotatable bonds is 4. The van der Waals surface area contributed by atoms with E-state index < -0.39 is 28.5 Å². The van der Waals surface area contributed by atoms with Crippen LogP contribution in [0, 0.1) is 0 Å². The van der Waals surface area contributed by atoms with Crippen LogP contribution in [-0.4, -0.2) is 77.5 Å². The van der Waals surface area contributed by atoms with Crippen molar-refractivity contribution in [1.29, 1.82) is 0 Å². The molecule has 0 unspecified atom stereocenters. The first kappa shape index (κ1) is 28.2. The van der Waals surface area contributed by atoms with Crippen molar-refractivity contribution in [2.75, 3.05) is 49.5 Å². The number of nitrogens with one attached hydrogen (secondary N) is 1. The summed E-state index contributed by atoms with van der Waals surface area (Å²) in [5.41, 5.74) is -1.49. The molecule has 1 aromatic heterocycles. The smallest absolute Gasteiger partial charge is 0.388 e. The Balaban J connectivity index is 1.08. The van der Waals surface area contributed by atoms with E-state index in [1.54, 1.807) is 23.2 Å². The van der Waals surface area contributed by atoms with Gasteiger partial charge in [0.2, 0.25) is 0 Å². The van der Waals surface area contributed by atoms with Crippen LogP contribution in [0.1, 0.15) is 24.8 Å². The highest BCUT2D eigenvalue weighted by Crippen LogP contribution is 2.37. The van der Waals surface area contributed by atoms with Crippen LogP contribution in [0.3, 0.4) is 0 Å². The highest BCUT2D eigenvalue weighted by Gasteiger charge is 2.45. The average molecular weight is 601 g/mol. The van der Waals surface area contributed by atoms with Crippen molar-refractivity contribution in [2.45, 2.75) is 31.0 Å². The van der Waals surface area contributed by atoms with E-state index in [-0.39, 0.29) is 11.6 Å². The van der Waals surface area contributed by atoms with E-state index in [9.17, 15) is 22.8 Å². The van der Waals surface area contributed by atoms with Gasteiger partial charge in [-0.2, -0.15) is 13.2 Å². The molecule has 2 fully saturated rings. The second kappa shape index (κ2) is 11.3. The summed E-state index contributed by atoms with van der Waals surface area (Å²) in [6.45, 7) is 2.75. The fourth-order valence-electron chi connectivity index (χ4n) is 4.88. The largest absolute Gasteiger partial charge is 0.430 e. The van der Waals surface area contributed by atoms with Crippen molar-refractivity contribution < 1.29 is 32.4 Å². The molecule has 1 N–H and O–H groups in total. The lowest BCUT2D eigenvalue weighted by atomic mass is 9.87. The number of hydroxylamine groups is 2. The van der Waals surface area contributed by atoms with Crippen LogP contribution in [0.4, 0.5) is 29.5 Å². The number of pyridine rings is 1. The summed E-state index contributed by atoms with van der Waals surface area (Å²) in [6.07, 6.45) is -2.71. The summed E-state index contributed by atoms with van der Waals surface area (Å²) in [4.78, 5) is 44.5. The van der Waals surface area contributed by atoms with E-state index >= 15 is 0 Å². The number of piperidine rings is 1. The topological polar surface area (TPSA) is 99.6 Å². The number of oxime groups is 1. The quantitative estimate of drug-likeness (QED) is 0.536. The van der Waals surface area contributed by atoms with Gasteiger partial charge in [-0.05, 0) is 30.3 Å². The lowest BCUT2D eigenvalue weighted by molar-refractivity contribution is -0.154. The summed E-state index contributed by atoms with van der Waals surface area (Å²) >= 11 is 11.9. The maximum atomic E-state index is 13.1. The molecule has 0 bridgehead atoms. The number of benzene rings is 1. The summed E-state index contributed by atoms with van der Waals surface area (Å²) in [5.74, 6) is 0.515. The summed E-state index contributed by atoms with van der Waals surface area (Å²) in [7, 11) is 0. The molecule has 0 aliphatic carbocycles. The van der Waals surface area contributed by atoms with Crippen LogP contribution in [0.2, 0.25) is 10.0 Å². The average Bonchev–Trinajstić information content (AvgIpc) is 3.34. The van der Waals surface area contributed by atoms with Crippen LogP contribution in [0.15, 0.2) is 41.7 Å². The SMILES string of the molecule is O=C(Nc1ccc(Cl)c(C(F)(F)F)c1)ON1CCC2(CC1)CC(C(=O)N1CCN(c3ncccc3Cl)CC1)=NO2. The first-order valence-corrected chi connectivity index (χ1v) is 13.3. The number of amides is 2. The van der Waals surface area contributed by atoms with Crippen molar-refractivity contribution in [3.8, 4) is 0 Å². The van der Waals surface area contributed by atoms with Gasteiger partial charge in [0, 0.05) is 70.4 Å². The summed E-state index contributed by atoms with van der Waals surface area (Å²) in [5, 5.41) is 7.86. The van der Waals surface area contributed by atoms with Crippen LogP contribution < -0.4 is 10.2 Å². The minimum Gasteiger partial charge on any atom is -0.388 e. The van der Waals surface area contributed by atoms with Gasteiger partial charge in [-0.1, -0.05) is 28.4 Å². The molecule has 0 saturated carbocycles. The zero-order valence-electron chi connectivity index (χ0n) is 21.1. The molecule has 10 nitrogen and oxygen atoms in total. The van der Waals surface area contributed by atoms with Crippen LogP contribution in [0.5, 0.6) is 0 Å². The third kappa shape index (κ3) is 6.21. The predicted molar refractivity (Wildman–Crippen MR) is 141 cm³/mol. The summed E-state index contributed by atoms with van der Waals surface area (Å²) < 4.78 is 39.2. The van der Waals surface area contributed by atoms with Gasteiger partial charge in [0.1, 0.15) is 17.1 Å². The Morgan fingerprint density at radius 3 is 2.42 bits per heavy atom. The van der Waals surface area contributed by atoms with E-state index in [4.69, 9.17) is 32.9 Å². The molecule has 3 aliphatic heterocycles. The van der Waals surface area contributed by atoms with Crippen molar-refractivity contribution in [2.24, 2.45) is 5.16 Å². The number of carbonyl (C=O) groups excluding carboxylic acids is 2. The van der Waals surface area contributed by atoms with Gasteiger partial charge in [0.05, 0.1) is 15.6 Å². The molecule has 15 heteroatoms. The number of anilines is 2. The van der Waals surface area contributed by atoms with Gasteiger partial charge < -0.3 is 19.5 Å². The molecule has 214 valence electrons. The maximum absolute atomic E-state index is 13.1. The number of aromatic nitrogens is 1. The van der Waals surface area contributed by atoms with Crippen molar-refractivity contribution in [1.82, 2.24) is 14.9 Å². The molecule has 4 heterocycles. The molecule has 2 saturated heterocycles. The summed E-state index contributed by atoms with van der Waals surface area (Å²) in [6, 6.07) is 6.59. The first-order valence-electron chi connectivity index (χ1n) is 12.5. The van der Waals surface area contributed by atoms with Crippen LogP contribution in [-0.2, 0) is 20.6 Å². The molecule has 3 aliphatic rings. The second-order valence-electron chi connectivity index (χ2n) is 9.70. The van der Waals surface area contributed by atoms with Gasteiger partial charge in [0.25, 0.3) is 5.91 Å². The zero-order chi connectivity index (χ0) is 28.5. The highest BCUT2D eigenvalue weighted by molar-refractivity contribution is 6.39. The van der Waals surface area contributed by atoms with Crippen LogP contribution in [0.25, 0.3) is 0 Å². The Labute approximate surface area is 237 Å². The maximum Gasteiger partial charge on any atom is 0.430 e. The second-order valence-corrected chi connectivity index (χ2v) is 10.5. The molecule has 0 atom stereocenters. The van der Waals surface area contributed by atoms with Gasteiger partial charge >= 0.3 is 12.3 Å². The van der Waals surface area contributed by atoms with E-state index in [2.05, 4.69) is 15.5 Å². The molecule has 5 rings (SSSR count). The number of carbonyl (C=O) groups is 2. The molecule has 0 radical (unpaired) electrons. The number of nitrogens with zero attached hydrogens (tertiary/aromatic N) is 5. The van der Waals surface area contributed by atoms with Gasteiger partial charge in [-0.3, -0.25) is 10.1 Å². The predicted octanol–water partition coefficient (Wildman–Crippen LogP) is 4.83. The van der Waals surface area contributed by atoms with E-state index in [0.29, 0.717) is 75.1 Å². The molecule has 40 heavy (non-hydrogen) atoms. The molecule has 1 spiro atoms. The van der Waals surface area contributed by atoms with Gasteiger partial charge in [-0.25, -0.2) is 9.78 Å². The Morgan fingerprint density at radius 2 is 1.75 bits per heavy atom. The Hall–Kier alpha value is -3.29. The normalized spacial score (nSPS) is 19.3. The fourth-order valence-corrected chi connectivity index (χ4v) is 5.35. The highest BCUT2D eigenvalue weighted by atomic mass is 35.5. The van der Waals surface area contributed by atoms with E-state index in [0.717, 1.165) is 12.1 Å².